The van der Waals surface area contributed by atoms with Crippen LogP contribution in [0, 0.1) is 5.92 Å². The molecule has 3 fully saturated rings. The van der Waals surface area contributed by atoms with E-state index in [1.54, 1.807) is 0 Å². The highest BCUT2D eigenvalue weighted by Gasteiger charge is 2.32. The van der Waals surface area contributed by atoms with Crippen LogP contribution in [0.5, 0.6) is 0 Å². The molecule has 0 bridgehead atoms. The van der Waals surface area contributed by atoms with Crippen LogP contribution in [-0.4, -0.2) is 88.0 Å². The second kappa shape index (κ2) is 9.02. The summed E-state index contributed by atoms with van der Waals surface area (Å²) in [6.07, 6.45) is 6.64. The summed E-state index contributed by atoms with van der Waals surface area (Å²) in [5.74, 6) is 1.88. The number of rotatable bonds is 4. The van der Waals surface area contributed by atoms with Crippen molar-refractivity contribution in [3.8, 4) is 0 Å². The Morgan fingerprint density at radius 2 is 1.88 bits per heavy atom. The maximum Gasteiger partial charge on any atom is 0.193 e. The van der Waals surface area contributed by atoms with Crippen molar-refractivity contribution in [1.82, 2.24) is 15.1 Å². The van der Waals surface area contributed by atoms with Crippen LogP contribution < -0.4 is 5.32 Å². The second-order valence-corrected chi connectivity index (χ2v) is 7.42. The third-order valence-corrected chi connectivity index (χ3v) is 5.66. The zero-order chi connectivity index (χ0) is 16.8. The Bertz CT molecular complexity index is 404. The summed E-state index contributed by atoms with van der Waals surface area (Å²) in [6, 6.07) is 0. The lowest BCUT2D eigenvalue weighted by Gasteiger charge is -2.37. The molecule has 0 saturated carbocycles. The fourth-order valence-electron chi connectivity index (χ4n) is 4.06. The SMILES string of the molecule is CN=C(NCCC1CCN(C)CC1)N1CCOC(C2CCCO2)C1. The van der Waals surface area contributed by atoms with Gasteiger partial charge in [-0.15, -0.1) is 0 Å². The normalized spacial score (nSPS) is 30.8. The molecule has 0 aromatic carbocycles. The average molecular weight is 338 g/mol. The van der Waals surface area contributed by atoms with Crippen LogP contribution in [0.15, 0.2) is 4.99 Å². The Morgan fingerprint density at radius 3 is 2.58 bits per heavy atom. The smallest absolute Gasteiger partial charge is 0.193 e. The van der Waals surface area contributed by atoms with Crippen molar-refractivity contribution >= 4 is 5.96 Å². The summed E-state index contributed by atoms with van der Waals surface area (Å²) in [7, 11) is 4.10. The fraction of sp³-hybridized carbons (Fsp3) is 0.944. The number of morpholine rings is 1. The predicted octanol–water partition coefficient (Wildman–Crippen LogP) is 1.17. The second-order valence-electron chi connectivity index (χ2n) is 7.42. The molecule has 0 spiro atoms. The van der Waals surface area contributed by atoms with Gasteiger partial charge in [0.15, 0.2) is 5.96 Å². The number of hydrogen-bond donors (Lipinski definition) is 1. The van der Waals surface area contributed by atoms with Gasteiger partial charge in [0.1, 0.15) is 6.10 Å². The molecule has 3 saturated heterocycles. The third kappa shape index (κ3) is 4.83. The Labute approximate surface area is 146 Å². The van der Waals surface area contributed by atoms with Crippen molar-refractivity contribution in [3.63, 3.8) is 0 Å². The minimum Gasteiger partial charge on any atom is -0.375 e. The van der Waals surface area contributed by atoms with Gasteiger partial charge in [-0.1, -0.05) is 0 Å². The lowest BCUT2D eigenvalue weighted by atomic mass is 9.94. The molecule has 1 N–H and O–H groups in total. The minimum atomic E-state index is 0.189. The van der Waals surface area contributed by atoms with Gasteiger partial charge in [-0.05, 0) is 58.2 Å². The Morgan fingerprint density at radius 1 is 1.08 bits per heavy atom. The van der Waals surface area contributed by atoms with E-state index in [0.717, 1.165) is 57.6 Å². The van der Waals surface area contributed by atoms with Crippen molar-refractivity contribution in [2.45, 2.75) is 44.3 Å². The van der Waals surface area contributed by atoms with Gasteiger partial charge < -0.3 is 24.6 Å². The van der Waals surface area contributed by atoms with Crippen molar-refractivity contribution in [2.75, 3.05) is 60.0 Å². The van der Waals surface area contributed by atoms with Crippen molar-refractivity contribution in [3.05, 3.63) is 0 Å². The van der Waals surface area contributed by atoms with Crippen molar-refractivity contribution in [1.29, 1.82) is 0 Å². The summed E-state index contributed by atoms with van der Waals surface area (Å²) in [5, 5.41) is 3.57. The van der Waals surface area contributed by atoms with E-state index in [1.165, 1.54) is 32.4 Å². The first-order chi connectivity index (χ1) is 11.8. The fourth-order valence-corrected chi connectivity index (χ4v) is 4.06. The number of likely N-dealkylation sites (tertiary alicyclic amines) is 1. The standard InChI is InChI=1S/C18H34N4O2/c1-19-18(20-8-5-15-6-9-21(2)10-7-15)22-11-13-24-17(14-22)16-4-3-12-23-16/h15-17H,3-14H2,1-2H3,(H,19,20). The topological polar surface area (TPSA) is 49.3 Å². The van der Waals surface area contributed by atoms with Crippen LogP contribution >= 0.6 is 0 Å². The number of guanidine groups is 1. The molecule has 0 amide bonds. The first-order valence-electron chi connectivity index (χ1n) is 9.63. The van der Waals surface area contributed by atoms with Crippen LogP contribution in [0.4, 0.5) is 0 Å². The molecule has 6 heteroatoms. The van der Waals surface area contributed by atoms with Gasteiger partial charge in [0.25, 0.3) is 0 Å². The maximum absolute atomic E-state index is 5.94. The first-order valence-corrected chi connectivity index (χ1v) is 9.63. The molecule has 3 heterocycles. The molecule has 24 heavy (non-hydrogen) atoms. The largest absolute Gasteiger partial charge is 0.375 e. The molecule has 0 aromatic rings. The monoisotopic (exact) mass is 338 g/mol. The van der Waals surface area contributed by atoms with Gasteiger partial charge >= 0.3 is 0 Å². The summed E-state index contributed by atoms with van der Waals surface area (Å²) in [5.41, 5.74) is 0. The van der Waals surface area contributed by atoms with E-state index in [2.05, 4.69) is 27.2 Å². The van der Waals surface area contributed by atoms with Crippen LogP contribution in [-0.2, 0) is 9.47 Å². The van der Waals surface area contributed by atoms with E-state index < -0.39 is 0 Å². The van der Waals surface area contributed by atoms with E-state index in [4.69, 9.17) is 9.47 Å². The molecular weight excluding hydrogens is 304 g/mol. The molecule has 0 aromatic heterocycles. The molecule has 138 valence electrons. The van der Waals surface area contributed by atoms with Crippen LogP contribution in [0.1, 0.15) is 32.1 Å². The van der Waals surface area contributed by atoms with E-state index in [0.29, 0.717) is 0 Å². The Hall–Kier alpha value is -0.850. The zero-order valence-corrected chi connectivity index (χ0v) is 15.4. The van der Waals surface area contributed by atoms with Gasteiger partial charge in [0, 0.05) is 33.3 Å². The average Bonchev–Trinajstić information content (AvgIpc) is 3.15. The van der Waals surface area contributed by atoms with Gasteiger partial charge in [-0.25, -0.2) is 0 Å². The highest BCUT2D eigenvalue weighted by atomic mass is 16.5. The van der Waals surface area contributed by atoms with Gasteiger partial charge in [-0.3, -0.25) is 4.99 Å². The Kier molecular flexibility index (Phi) is 6.75. The highest BCUT2D eigenvalue weighted by molar-refractivity contribution is 5.80. The summed E-state index contributed by atoms with van der Waals surface area (Å²) in [4.78, 5) is 9.26. The predicted molar refractivity (Wildman–Crippen MR) is 96.5 cm³/mol. The van der Waals surface area contributed by atoms with Gasteiger partial charge in [0.05, 0.1) is 12.7 Å². The Balaban J connectivity index is 1.41. The number of piperidine rings is 1. The van der Waals surface area contributed by atoms with Gasteiger partial charge in [-0.2, -0.15) is 0 Å². The summed E-state index contributed by atoms with van der Waals surface area (Å²) in [6.45, 7) is 6.95. The number of nitrogens with zero attached hydrogens (tertiary/aromatic N) is 3. The number of aliphatic imine (C=N–C) groups is 1. The lowest BCUT2D eigenvalue weighted by molar-refractivity contribution is -0.0817. The van der Waals surface area contributed by atoms with E-state index in [9.17, 15) is 0 Å². The maximum atomic E-state index is 5.94. The van der Waals surface area contributed by atoms with Crippen LogP contribution in [0.25, 0.3) is 0 Å². The van der Waals surface area contributed by atoms with E-state index in [-0.39, 0.29) is 12.2 Å². The molecular formula is C18H34N4O2. The molecule has 0 radical (unpaired) electrons. The van der Waals surface area contributed by atoms with Crippen LogP contribution in [0.2, 0.25) is 0 Å². The summed E-state index contributed by atoms with van der Waals surface area (Å²) < 4.78 is 11.7. The van der Waals surface area contributed by atoms with Gasteiger partial charge in [0.2, 0.25) is 0 Å². The molecule has 0 aliphatic carbocycles. The number of hydrogen-bond acceptors (Lipinski definition) is 4. The minimum absolute atomic E-state index is 0.189. The summed E-state index contributed by atoms with van der Waals surface area (Å²) >= 11 is 0. The third-order valence-electron chi connectivity index (χ3n) is 5.66. The molecule has 6 nitrogen and oxygen atoms in total. The quantitative estimate of drug-likeness (QED) is 0.616. The lowest BCUT2D eigenvalue weighted by Crippen LogP contribution is -2.53. The molecule has 2 atom stereocenters. The zero-order valence-electron chi connectivity index (χ0n) is 15.4. The molecule has 2 unspecified atom stereocenters. The van der Waals surface area contributed by atoms with Crippen molar-refractivity contribution < 1.29 is 9.47 Å². The molecule has 3 aliphatic heterocycles. The van der Waals surface area contributed by atoms with E-state index in [1.807, 2.05) is 7.05 Å². The first kappa shape index (κ1) is 18.0. The molecule has 3 rings (SSSR count). The molecule has 3 aliphatic rings. The van der Waals surface area contributed by atoms with Crippen LogP contribution in [0.3, 0.4) is 0 Å². The van der Waals surface area contributed by atoms with E-state index >= 15 is 0 Å². The number of ether oxygens (including phenoxy) is 2. The van der Waals surface area contributed by atoms with Crippen molar-refractivity contribution in [2.24, 2.45) is 10.9 Å². The number of nitrogens with one attached hydrogen (secondary N) is 1. The highest BCUT2D eigenvalue weighted by Crippen LogP contribution is 2.21.